The Bertz CT molecular complexity index is 2230. The average Bonchev–Trinajstić information content (AvgIpc) is 3.67. The number of carbonyl (C=O) groups is 3. The van der Waals surface area contributed by atoms with Gasteiger partial charge in [0.2, 0.25) is 5.91 Å². The predicted octanol–water partition coefficient (Wildman–Crippen LogP) is 7.74. The molecule has 0 radical (unpaired) electrons. The summed E-state index contributed by atoms with van der Waals surface area (Å²) in [6.07, 6.45) is -0.607. The van der Waals surface area contributed by atoms with E-state index in [1.807, 2.05) is 103 Å². The molecule has 0 unspecified atom stereocenters. The molecule has 1 spiro atoms. The maximum atomic E-state index is 15.2. The quantitative estimate of drug-likeness (QED) is 0.118. The molecule has 1 fully saturated rings. The molecule has 0 bridgehead atoms. The Labute approximate surface area is 340 Å². The van der Waals surface area contributed by atoms with Gasteiger partial charge in [0.15, 0.2) is 5.60 Å². The molecule has 0 aromatic heterocycles. The molecule has 3 amide bonds. The molecule has 2 heterocycles. The molecule has 2 aliphatic heterocycles. The van der Waals surface area contributed by atoms with Gasteiger partial charge < -0.3 is 34.4 Å². The van der Waals surface area contributed by atoms with Gasteiger partial charge in [-0.1, -0.05) is 93.6 Å². The highest BCUT2D eigenvalue weighted by molar-refractivity contribution is 6.07. The first-order valence-electron chi connectivity index (χ1n) is 19.7. The number of hydrogen-bond donors (Lipinski definition) is 2. The Morgan fingerprint density at radius 2 is 1.45 bits per heavy atom. The molecule has 1 saturated heterocycles. The molecule has 5 aromatic carbocycles. The van der Waals surface area contributed by atoms with Crippen molar-refractivity contribution in [3.63, 3.8) is 0 Å². The van der Waals surface area contributed by atoms with Crippen molar-refractivity contribution >= 4 is 29.1 Å². The highest BCUT2D eigenvalue weighted by atomic mass is 16.5. The van der Waals surface area contributed by atoms with Crippen molar-refractivity contribution in [2.45, 2.75) is 57.4 Å². The van der Waals surface area contributed by atoms with Crippen LogP contribution in [0, 0.1) is 11.8 Å². The molecule has 0 saturated carbocycles. The Morgan fingerprint density at radius 3 is 2.09 bits per heavy atom. The fraction of sp³-hybridized carbons (Fsp3) is 0.312. The van der Waals surface area contributed by atoms with Crippen molar-refractivity contribution in [2.24, 2.45) is 11.8 Å². The third kappa shape index (κ3) is 7.69. The molecular weight excluding hydrogens is 731 g/mol. The summed E-state index contributed by atoms with van der Waals surface area (Å²) >= 11 is 0. The molecule has 0 aliphatic carbocycles. The van der Waals surface area contributed by atoms with E-state index in [9.17, 15) is 14.7 Å². The zero-order valence-corrected chi connectivity index (χ0v) is 33.7. The molecule has 10 heteroatoms. The van der Waals surface area contributed by atoms with Crippen molar-refractivity contribution < 1.29 is 33.7 Å². The molecule has 58 heavy (non-hydrogen) atoms. The first kappa shape index (κ1) is 40.2. The number of nitrogens with zero attached hydrogens (tertiary/aromatic N) is 2. The number of methoxy groups -OCH3 is 2. The van der Waals surface area contributed by atoms with Crippen LogP contribution in [-0.2, 0) is 38.4 Å². The number of amides is 3. The first-order chi connectivity index (χ1) is 28.0. The maximum Gasteiger partial charge on any atom is 0.264 e. The monoisotopic (exact) mass is 781 g/mol. The van der Waals surface area contributed by atoms with Crippen molar-refractivity contribution in [1.29, 1.82) is 0 Å². The third-order valence-electron chi connectivity index (χ3n) is 12.0. The van der Waals surface area contributed by atoms with Crippen molar-refractivity contribution in [2.75, 3.05) is 37.6 Å². The summed E-state index contributed by atoms with van der Waals surface area (Å²) in [5.41, 5.74) is 3.63. The first-order valence-corrected chi connectivity index (χ1v) is 19.7. The van der Waals surface area contributed by atoms with Gasteiger partial charge in [-0.15, -0.1) is 0 Å². The van der Waals surface area contributed by atoms with Gasteiger partial charge in [0.25, 0.3) is 11.8 Å². The zero-order valence-electron chi connectivity index (χ0n) is 33.7. The number of carbonyl (C=O) groups excluding carboxylic acids is 3. The van der Waals surface area contributed by atoms with E-state index in [1.165, 1.54) is 0 Å². The second kappa shape index (κ2) is 16.9. The minimum absolute atomic E-state index is 0.0301. The second-order valence-electron chi connectivity index (χ2n) is 15.7. The minimum Gasteiger partial charge on any atom is -0.497 e. The molecule has 10 nitrogen and oxygen atoms in total. The van der Waals surface area contributed by atoms with E-state index in [0.717, 1.165) is 33.7 Å². The number of rotatable bonds is 14. The number of nitrogens with one attached hydrogen (secondary N) is 1. The zero-order chi connectivity index (χ0) is 41.0. The standard InChI is InChI=1S/C48H51N3O7/c1-32-44(47(2,3)36-19-25-39(57-5)26-20-36)42(29-43(53)50(27-28-52)30-33-11-7-6-8-12-33)58-48(32)40-13-9-10-14-41(40)51(46(48)55)31-34-15-21-37(22-16-34)49-45(54)35-17-23-38(56-4)24-18-35/h6-26,32,42,44,52H,27-31H2,1-5H3,(H,49,54)/t32-,42+,44-,48+/m0/s1. The van der Waals surface area contributed by atoms with Crippen LogP contribution >= 0.6 is 0 Å². The van der Waals surface area contributed by atoms with Crippen LogP contribution in [-0.4, -0.2) is 61.2 Å². The van der Waals surface area contributed by atoms with Gasteiger partial charge >= 0.3 is 0 Å². The van der Waals surface area contributed by atoms with Gasteiger partial charge in [0.05, 0.1) is 45.6 Å². The molecule has 2 N–H and O–H groups in total. The normalized spacial score (nSPS) is 19.9. The van der Waals surface area contributed by atoms with Gasteiger partial charge in [0.1, 0.15) is 11.5 Å². The summed E-state index contributed by atoms with van der Waals surface area (Å²) in [7, 11) is 3.22. The van der Waals surface area contributed by atoms with E-state index in [0.29, 0.717) is 23.5 Å². The molecule has 2 aliphatic rings. The van der Waals surface area contributed by atoms with Gasteiger partial charge in [0, 0.05) is 41.7 Å². The largest absolute Gasteiger partial charge is 0.497 e. The summed E-state index contributed by atoms with van der Waals surface area (Å²) in [5.74, 6) is 0.204. The maximum absolute atomic E-state index is 15.2. The van der Waals surface area contributed by atoms with Gasteiger partial charge in [-0.3, -0.25) is 14.4 Å². The number of hydrogen-bond acceptors (Lipinski definition) is 7. The topological polar surface area (TPSA) is 118 Å². The van der Waals surface area contributed by atoms with E-state index in [4.69, 9.17) is 14.2 Å². The molecule has 4 atom stereocenters. The minimum atomic E-state index is -1.36. The lowest BCUT2D eigenvalue weighted by Gasteiger charge is -2.39. The van der Waals surface area contributed by atoms with Crippen LogP contribution in [0.4, 0.5) is 11.4 Å². The van der Waals surface area contributed by atoms with Gasteiger partial charge in [-0.05, 0) is 76.7 Å². The Hall–Kier alpha value is -5.97. The summed E-state index contributed by atoms with van der Waals surface area (Å²) in [6.45, 7) is 7.01. The number of fused-ring (bicyclic) bond motifs is 2. The van der Waals surface area contributed by atoms with Crippen LogP contribution < -0.4 is 19.7 Å². The molecule has 300 valence electrons. The van der Waals surface area contributed by atoms with Crippen molar-refractivity contribution in [3.8, 4) is 11.5 Å². The number of para-hydroxylation sites is 1. The van der Waals surface area contributed by atoms with Gasteiger partial charge in [-0.2, -0.15) is 0 Å². The number of benzene rings is 5. The van der Waals surface area contributed by atoms with Crippen molar-refractivity contribution in [1.82, 2.24) is 4.90 Å². The summed E-state index contributed by atoms with van der Waals surface area (Å²) < 4.78 is 17.9. The summed E-state index contributed by atoms with van der Waals surface area (Å²) in [4.78, 5) is 45.9. The summed E-state index contributed by atoms with van der Waals surface area (Å²) in [5, 5.41) is 13.0. The number of aliphatic hydroxyl groups excluding tert-OH is 1. The summed E-state index contributed by atoms with van der Waals surface area (Å²) in [6, 6.07) is 39.8. The lowest BCUT2D eigenvalue weighted by Crippen LogP contribution is -2.45. The Kier molecular flexibility index (Phi) is 11.7. The number of aliphatic hydroxyl groups is 1. The van der Waals surface area contributed by atoms with Crippen LogP contribution in [0.15, 0.2) is 127 Å². The molecular formula is C48H51N3O7. The van der Waals surface area contributed by atoms with Crippen molar-refractivity contribution in [3.05, 3.63) is 155 Å². The van der Waals surface area contributed by atoms with E-state index in [-0.39, 0.29) is 55.7 Å². The van der Waals surface area contributed by atoms with E-state index >= 15 is 4.79 Å². The number of anilines is 2. The van der Waals surface area contributed by atoms with E-state index in [2.05, 4.69) is 26.1 Å². The van der Waals surface area contributed by atoms with E-state index in [1.54, 1.807) is 48.3 Å². The lowest BCUT2D eigenvalue weighted by molar-refractivity contribution is -0.150. The van der Waals surface area contributed by atoms with Crippen LogP contribution in [0.1, 0.15) is 59.8 Å². The average molecular weight is 782 g/mol. The lowest BCUT2D eigenvalue weighted by atomic mass is 9.63. The second-order valence-corrected chi connectivity index (χ2v) is 15.7. The highest BCUT2D eigenvalue weighted by Gasteiger charge is 2.66. The van der Waals surface area contributed by atoms with Crippen LogP contribution in [0.2, 0.25) is 0 Å². The SMILES string of the molecule is COc1ccc(C(=O)Nc2ccc(CN3C(=O)[C@]4(O[C@H](CC(=O)N(CCO)Cc5ccccc5)[C@@H](C(C)(C)c5ccc(OC)cc5)[C@@H]4C)c4ccccc43)cc2)cc1. The molecule has 7 rings (SSSR count). The Morgan fingerprint density at radius 1 is 0.828 bits per heavy atom. The highest BCUT2D eigenvalue weighted by Crippen LogP contribution is 2.60. The predicted molar refractivity (Wildman–Crippen MR) is 224 cm³/mol. The Balaban J connectivity index is 1.19. The van der Waals surface area contributed by atoms with Crippen LogP contribution in [0.5, 0.6) is 11.5 Å². The fourth-order valence-electron chi connectivity index (χ4n) is 8.96. The van der Waals surface area contributed by atoms with Gasteiger partial charge in [-0.25, -0.2) is 0 Å². The van der Waals surface area contributed by atoms with Crippen LogP contribution in [0.3, 0.4) is 0 Å². The number of ether oxygens (including phenoxy) is 3. The smallest absolute Gasteiger partial charge is 0.264 e. The van der Waals surface area contributed by atoms with Crippen LogP contribution in [0.25, 0.3) is 0 Å². The molecule has 5 aromatic rings. The van der Waals surface area contributed by atoms with E-state index < -0.39 is 17.1 Å². The third-order valence-corrected chi connectivity index (χ3v) is 12.0. The fourth-order valence-corrected chi connectivity index (χ4v) is 8.96.